The highest BCUT2D eigenvalue weighted by Crippen LogP contribution is 2.17. The van der Waals surface area contributed by atoms with Gasteiger partial charge >= 0.3 is 0 Å². The number of nitriles is 1. The summed E-state index contributed by atoms with van der Waals surface area (Å²) in [5.74, 6) is 1.40. The van der Waals surface area contributed by atoms with Crippen molar-refractivity contribution in [2.45, 2.75) is 0 Å². The summed E-state index contributed by atoms with van der Waals surface area (Å²) in [5, 5.41) is 12.9. The molecule has 4 nitrogen and oxygen atoms in total. The maximum atomic E-state index is 8.71. The second kappa shape index (κ2) is 4.75. The van der Waals surface area contributed by atoms with Crippen LogP contribution in [0.5, 0.6) is 0 Å². The molecule has 90 valence electrons. The van der Waals surface area contributed by atoms with Gasteiger partial charge in [-0.2, -0.15) is 5.26 Å². The number of hydrogen-bond donors (Lipinski definition) is 1. The Morgan fingerprint density at radius 2 is 1.79 bits per heavy atom. The van der Waals surface area contributed by atoms with E-state index >= 15 is 0 Å². The molecule has 0 aliphatic rings. The predicted octanol–water partition coefficient (Wildman–Crippen LogP) is 3.25. The van der Waals surface area contributed by atoms with E-state index in [0.717, 1.165) is 16.7 Å². The number of hydrogen-bond acceptors (Lipinski definition) is 4. The first-order valence-corrected chi connectivity index (χ1v) is 5.84. The van der Waals surface area contributed by atoms with Gasteiger partial charge in [-0.3, -0.25) is 0 Å². The van der Waals surface area contributed by atoms with Gasteiger partial charge in [-0.25, -0.2) is 9.97 Å². The Kier molecular flexibility index (Phi) is 2.79. The minimum absolute atomic E-state index is 0.539. The lowest BCUT2D eigenvalue weighted by Crippen LogP contribution is -1.96. The van der Waals surface area contributed by atoms with E-state index in [-0.39, 0.29) is 0 Å². The van der Waals surface area contributed by atoms with E-state index in [2.05, 4.69) is 15.3 Å². The Balaban J connectivity index is 1.90. The van der Waals surface area contributed by atoms with Gasteiger partial charge in [-0.05, 0) is 30.3 Å². The molecule has 0 fully saturated rings. The Hall–Kier alpha value is -2.93. The van der Waals surface area contributed by atoms with Crippen molar-refractivity contribution in [3.05, 3.63) is 60.3 Å². The minimum atomic E-state index is 0.539. The molecule has 0 bridgehead atoms. The second-order valence-corrected chi connectivity index (χ2v) is 4.06. The van der Waals surface area contributed by atoms with Crippen LogP contribution in [-0.4, -0.2) is 9.97 Å². The molecule has 3 aromatic rings. The van der Waals surface area contributed by atoms with Crippen LogP contribution in [0.3, 0.4) is 0 Å². The first-order valence-electron chi connectivity index (χ1n) is 5.84. The third-order valence-corrected chi connectivity index (χ3v) is 2.75. The lowest BCUT2D eigenvalue weighted by atomic mass is 10.2. The van der Waals surface area contributed by atoms with Crippen LogP contribution in [0.4, 0.5) is 11.6 Å². The van der Waals surface area contributed by atoms with E-state index in [1.165, 1.54) is 6.20 Å². The summed E-state index contributed by atoms with van der Waals surface area (Å²) in [5.41, 5.74) is 1.47. The van der Waals surface area contributed by atoms with E-state index in [1.807, 2.05) is 42.5 Å². The van der Waals surface area contributed by atoms with Crippen molar-refractivity contribution < 1.29 is 0 Å². The van der Waals surface area contributed by atoms with Crippen molar-refractivity contribution in [3.8, 4) is 6.07 Å². The Bertz CT molecular complexity index is 757. The van der Waals surface area contributed by atoms with Gasteiger partial charge in [0.2, 0.25) is 0 Å². The van der Waals surface area contributed by atoms with Gasteiger partial charge in [0.1, 0.15) is 17.7 Å². The number of pyridine rings is 2. The highest BCUT2D eigenvalue weighted by atomic mass is 15.0. The minimum Gasteiger partial charge on any atom is -0.325 e. The highest BCUT2D eigenvalue weighted by Gasteiger charge is 1.99. The van der Waals surface area contributed by atoms with Gasteiger partial charge in [0, 0.05) is 11.6 Å². The molecule has 19 heavy (non-hydrogen) atoms. The SMILES string of the molecule is N#Cc1ccc(Nc2ccc3ccccc3n2)nc1. The first-order chi connectivity index (χ1) is 9.35. The van der Waals surface area contributed by atoms with Crippen molar-refractivity contribution in [1.29, 1.82) is 5.26 Å². The molecule has 0 radical (unpaired) electrons. The molecular weight excluding hydrogens is 236 g/mol. The molecule has 1 aromatic carbocycles. The number of nitrogens with zero attached hydrogens (tertiary/aromatic N) is 3. The smallest absolute Gasteiger partial charge is 0.132 e. The summed E-state index contributed by atoms with van der Waals surface area (Å²) in [4.78, 5) is 8.65. The summed E-state index contributed by atoms with van der Waals surface area (Å²) in [6.45, 7) is 0. The molecule has 0 saturated heterocycles. The molecule has 0 unspecified atom stereocenters. The normalized spacial score (nSPS) is 10.1. The van der Waals surface area contributed by atoms with Crippen molar-refractivity contribution in [3.63, 3.8) is 0 Å². The summed E-state index contributed by atoms with van der Waals surface area (Å²) >= 11 is 0. The topological polar surface area (TPSA) is 61.6 Å². The summed E-state index contributed by atoms with van der Waals surface area (Å²) in [6.07, 6.45) is 1.53. The van der Waals surface area contributed by atoms with Crippen molar-refractivity contribution in [2.24, 2.45) is 0 Å². The molecule has 2 aromatic heterocycles. The molecule has 1 N–H and O–H groups in total. The van der Waals surface area contributed by atoms with Crippen molar-refractivity contribution >= 4 is 22.5 Å². The number of para-hydroxylation sites is 1. The molecular formula is C15H10N4. The maximum Gasteiger partial charge on any atom is 0.132 e. The fraction of sp³-hybridized carbons (Fsp3) is 0. The summed E-state index contributed by atoms with van der Waals surface area (Å²) < 4.78 is 0. The highest BCUT2D eigenvalue weighted by molar-refractivity contribution is 5.80. The van der Waals surface area contributed by atoms with Crippen LogP contribution >= 0.6 is 0 Å². The Morgan fingerprint density at radius 1 is 0.947 bits per heavy atom. The van der Waals surface area contributed by atoms with Crippen LogP contribution in [0.15, 0.2) is 54.7 Å². The largest absolute Gasteiger partial charge is 0.325 e. The number of fused-ring (bicyclic) bond motifs is 1. The second-order valence-electron chi connectivity index (χ2n) is 4.06. The van der Waals surface area contributed by atoms with Gasteiger partial charge in [0.25, 0.3) is 0 Å². The lowest BCUT2D eigenvalue weighted by Gasteiger charge is -2.05. The molecule has 0 spiro atoms. The number of aromatic nitrogens is 2. The fourth-order valence-electron chi connectivity index (χ4n) is 1.80. The maximum absolute atomic E-state index is 8.71. The van der Waals surface area contributed by atoms with Gasteiger partial charge in [0.15, 0.2) is 0 Å². The molecule has 0 saturated carbocycles. The molecule has 3 rings (SSSR count). The van der Waals surface area contributed by atoms with Crippen LogP contribution in [0.2, 0.25) is 0 Å². The Morgan fingerprint density at radius 3 is 2.58 bits per heavy atom. The zero-order chi connectivity index (χ0) is 13.1. The molecule has 2 heterocycles. The third-order valence-electron chi connectivity index (χ3n) is 2.75. The zero-order valence-corrected chi connectivity index (χ0v) is 10.0. The van der Waals surface area contributed by atoms with Crippen LogP contribution in [-0.2, 0) is 0 Å². The first kappa shape index (κ1) is 11.2. The molecule has 0 atom stereocenters. The monoisotopic (exact) mass is 246 g/mol. The van der Waals surface area contributed by atoms with E-state index in [1.54, 1.807) is 12.1 Å². The fourth-order valence-corrected chi connectivity index (χ4v) is 1.80. The summed E-state index contributed by atoms with van der Waals surface area (Å²) in [7, 11) is 0. The Labute approximate surface area is 110 Å². The number of nitrogens with one attached hydrogen (secondary N) is 1. The zero-order valence-electron chi connectivity index (χ0n) is 10.0. The molecule has 0 amide bonds. The van der Waals surface area contributed by atoms with Crippen LogP contribution in [0, 0.1) is 11.3 Å². The quantitative estimate of drug-likeness (QED) is 0.754. The van der Waals surface area contributed by atoms with Crippen LogP contribution in [0.1, 0.15) is 5.56 Å². The van der Waals surface area contributed by atoms with E-state index in [0.29, 0.717) is 11.4 Å². The average Bonchev–Trinajstić information content (AvgIpc) is 2.48. The van der Waals surface area contributed by atoms with Crippen molar-refractivity contribution in [2.75, 3.05) is 5.32 Å². The number of benzene rings is 1. The van der Waals surface area contributed by atoms with E-state index < -0.39 is 0 Å². The van der Waals surface area contributed by atoms with Gasteiger partial charge in [-0.1, -0.05) is 18.2 Å². The molecule has 4 heteroatoms. The van der Waals surface area contributed by atoms with Crippen LogP contribution in [0.25, 0.3) is 10.9 Å². The standard InChI is InChI=1S/C15H10N4/c16-9-11-5-7-14(17-10-11)19-15-8-6-12-3-1-2-4-13(12)18-15/h1-8,10H,(H,17,18,19). The third kappa shape index (κ3) is 2.35. The predicted molar refractivity (Wildman–Crippen MR) is 74.0 cm³/mol. The van der Waals surface area contributed by atoms with Gasteiger partial charge < -0.3 is 5.32 Å². The summed E-state index contributed by atoms with van der Waals surface area (Å²) in [6, 6.07) is 17.4. The van der Waals surface area contributed by atoms with Gasteiger partial charge in [-0.15, -0.1) is 0 Å². The molecule has 0 aliphatic heterocycles. The average molecular weight is 246 g/mol. The number of anilines is 2. The molecule has 0 aliphatic carbocycles. The lowest BCUT2D eigenvalue weighted by molar-refractivity contribution is 1.26. The number of rotatable bonds is 2. The van der Waals surface area contributed by atoms with Crippen molar-refractivity contribution in [1.82, 2.24) is 9.97 Å². The van der Waals surface area contributed by atoms with E-state index in [4.69, 9.17) is 5.26 Å². The van der Waals surface area contributed by atoms with Gasteiger partial charge in [0.05, 0.1) is 11.1 Å². The van der Waals surface area contributed by atoms with Crippen LogP contribution < -0.4 is 5.32 Å². The van der Waals surface area contributed by atoms with E-state index in [9.17, 15) is 0 Å².